The molecule has 172 valence electrons. The smallest absolute Gasteiger partial charge is 0.309 e. The van der Waals surface area contributed by atoms with Crippen LogP contribution in [0.5, 0.6) is 0 Å². The van der Waals surface area contributed by atoms with Crippen LogP contribution in [0.25, 0.3) is 0 Å². The van der Waals surface area contributed by atoms with E-state index in [9.17, 15) is 19.2 Å². The van der Waals surface area contributed by atoms with Crippen LogP contribution in [0, 0.1) is 5.92 Å². The van der Waals surface area contributed by atoms with Gasteiger partial charge in [-0.25, -0.2) is 0 Å². The number of hydrogen-bond acceptors (Lipinski definition) is 6. The third-order valence-electron chi connectivity index (χ3n) is 6.62. The zero-order valence-electron chi connectivity index (χ0n) is 18.4. The van der Waals surface area contributed by atoms with E-state index >= 15 is 0 Å². The zero-order valence-corrected chi connectivity index (χ0v) is 18.4. The van der Waals surface area contributed by atoms with Crippen molar-refractivity contribution in [3.05, 3.63) is 29.8 Å². The SMILES string of the molecule is CCOC(=O)C1CCN(C(=O)CN2CC[C@@]3(CCC2=O)NC(=O)c2ccccc2N3)CC1. The van der Waals surface area contributed by atoms with Gasteiger partial charge in [0.2, 0.25) is 11.8 Å². The van der Waals surface area contributed by atoms with Gasteiger partial charge >= 0.3 is 5.97 Å². The summed E-state index contributed by atoms with van der Waals surface area (Å²) in [6, 6.07) is 7.32. The summed E-state index contributed by atoms with van der Waals surface area (Å²) in [7, 11) is 0. The second-order valence-corrected chi connectivity index (χ2v) is 8.68. The Kier molecular flexibility index (Phi) is 6.34. The molecule has 4 rings (SSSR count). The van der Waals surface area contributed by atoms with Gasteiger partial charge in [-0.05, 0) is 38.3 Å². The number of anilines is 1. The molecule has 0 aromatic heterocycles. The zero-order chi connectivity index (χ0) is 22.7. The van der Waals surface area contributed by atoms with Crippen molar-refractivity contribution in [3.8, 4) is 0 Å². The number of nitrogens with zero attached hydrogens (tertiary/aromatic N) is 2. The molecule has 0 bridgehead atoms. The number of esters is 1. The molecule has 0 saturated carbocycles. The first kappa shape index (κ1) is 22.1. The van der Waals surface area contributed by atoms with Gasteiger partial charge in [0.1, 0.15) is 5.66 Å². The largest absolute Gasteiger partial charge is 0.466 e. The van der Waals surface area contributed by atoms with Crippen LogP contribution in [0.3, 0.4) is 0 Å². The van der Waals surface area contributed by atoms with E-state index in [1.807, 2.05) is 18.2 Å². The summed E-state index contributed by atoms with van der Waals surface area (Å²) < 4.78 is 5.08. The van der Waals surface area contributed by atoms with E-state index in [4.69, 9.17) is 4.74 Å². The number of piperidine rings is 1. The summed E-state index contributed by atoms with van der Waals surface area (Å²) in [5.41, 5.74) is 0.654. The number of rotatable bonds is 4. The van der Waals surface area contributed by atoms with Crippen LogP contribution in [0.4, 0.5) is 5.69 Å². The minimum Gasteiger partial charge on any atom is -0.466 e. The quantitative estimate of drug-likeness (QED) is 0.682. The highest BCUT2D eigenvalue weighted by Crippen LogP contribution is 2.31. The first-order valence-electron chi connectivity index (χ1n) is 11.3. The molecule has 1 aromatic carbocycles. The fraction of sp³-hybridized carbons (Fsp3) is 0.565. The number of likely N-dealkylation sites (tertiary alicyclic amines) is 2. The maximum atomic E-state index is 12.8. The normalized spacial score (nSPS) is 23.8. The van der Waals surface area contributed by atoms with Crippen LogP contribution in [0.15, 0.2) is 24.3 Å². The molecule has 32 heavy (non-hydrogen) atoms. The van der Waals surface area contributed by atoms with E-state index in [0.717, 1.165) is 5.69 Å². The molecule has 0 aliphatic carbocycles. The van der Waals surface area contributed by atoms with Crippen LogP contribution in [-0.2, 0) is 19.1 Å². The molecule has 0 unspecified atom stereocenters. The summed E-state index contributed by atoms with van der Waals surface area (Å²) in [6.07, 6.45) is 2.38. The van der Waals surface area contributed by atoms with Crippen LogP contribution < -0.4 is 10.6 Å². The highest BCUT2D eigenvalue weighted by molar-refractivity contribution is 6.02. The number of fused-ring (bicyclic) bond motifs is 1. The van der Waals surface area contributed by atoms with E-state index in [2.05, 4.69) is 10.6 Å². The average molecular weight is 443 g/mol. The van der Waals surface area contributed by atoms with E-state index < -0.39 is 5.66 Å². The Morgan fingerprint density at radius 3 is 2.59 bits per heavy atom. The Bertz CT molecular complexity index is 911. The molecular weight excluding hydrogens is 412 g/mol. The molecule has 1 aromatic rings. The molecule has 0 radical (unpaired) electrons. The molecular formula is C23H30N4O5. The standard InChI is InChI=1S/C23H30N4O5/c1-2-32-22(31)16-8-12-26(13-9-16)20(29)15-27-14-11-23(10-7-19(27)28)24-18-6-4-3-5-17(18)21(30)25-23/h3-6,16,24H,2,7-15H2,1H3,(H,25,30)/t23-/m1/s1. The van der Waals surface area contributed by atoms with Gasteiger partial charge in [-0.15, -0.1) is 0 Å². The number of ether oxygens (including phenoxy) is 1. The number of para-hydroxylation sites is 1. The van der Waals surface area contributed by atoms with Crippen LogP contribution in [0.2, 0.25) is 0 Å². The maximum Gasteiger partial charge on any atom is 0.309 e. The van der Waals surface area contributed by atoms with Crippen LogP contribution >= 0.6 is 0 Å². The summed E-state index contributed by atoms with van der Waals surface area (Å²) in [4.78, 5) is 53.4. The molecule has 3 aliphatic heterocycles. The lowest BCUT2D eigenvalue weighted by molar-refractivity contribution is -0.151. The van der Waals surface area contributed by atoms with E-state index in [0.29, 0.717) is 57.5 Å². The Morgan fingerprint density at radius 1 is 1.09 bits per heavy atom. The summed E-state index contributed by atoms with van der Waals surface area (Å²) >= 11 is 0. The predicted molar refractivity (Wildman–Crippen MR) is 117 cm³/mol. The lowest BCUT2D eigenvalue weighted by atomic mass is 9.95. The second-order valence-electron chi connectivity index (χ2n) is 8.68. The summed E-state index contributed by atoms with van der Waals surface area (Å²) in [6.45, 7) is 3.51. The van der Waals surface area contributed by atoms with Crippen molar-refractivity contribution in [2.75, 3.05) is 38.1 Å². The molecule has 9 heteroatoms. The Hall–Kier alpha value is -3.10. The number of carbonyl (C=O) groups is 4. The molecule has 9 nitrogen and oxygen atoms in total. The Labute approximate surface area is 187 Å². The molecule has 2 N–H and O–H groups in total. The maximum absolute atomic E-state index is 12.8. The number of amides is 3. The fourth-order valence-electron chi connectivity index (χ4n) is 4.72. The highest BCUT2D eigenvalue weighted by Gasteiger charge is 2.41. The van der Waals surface area contributed by atoms with Crippen molar-refractivity contribution in [2.24, 2.45) is 5.92 Å². The monoisotopic (exact) mass is 442 g/mol. The minimum atomic E-state index is -0.698. The third kappa shape index (κ3) is 4.56. The van der Waals surface area contributed by atoms with Gasteiger partial charge in [-0.2, -0.15) is 0 Å². The van der Waals surface area contributed by atoms with Crippen molar-refractivity contribution in [1.82, 2.24) is 15.1 Å². The van der Waals surface area contributed by atoms with Crippen molar-refractivity contribution in [2.45, 2.75) is 44.7 Å². The van der Waals surface area contributed by atoms with Crippen molar-refractivity contribution < 1.29 is 23.9 Å². The van der Waals surface area contributed by atoms with Gasteiger partial charge in [0.15, 0.2) is 0 Å². The molecule has 2 fully saturated rings. The number of benzene rings is 1. The van der Waals surface area contributed by atoms with Crippen LogP contribution in [-0.4, -0.2) is 71.9 Å². The van der Waals surface area contributed by atoms with Crippen molar-refractivity contribution >= 4 is 29.4 Å². The number of carbonyl (C=O) groups excluding carboxylic acids is 4. The van der Waals surface area contributed by atoms with Gasteiger partial charge in [0, 0.05) is 38.2 Å². The minimum absolute atomic E-state index is 0.0174. The van der Waals surface area contributed by atoms with Gasteiger partial charge in [-0.1, -0.05) is 12.1 Å². The van der Waals surface area contributed by atoms with Gasteiger partial charge < -0.3 is 25.2 Å². The average Bonchev–Trinajstić information content (AvgIpc) is 2.93. The topological polar surface area (TPSA) is 108 Å². The summed E-state index contributed by atoms with van der Waals surface area (Å²) in [5.74, 6) is -0.714. The first-order valence-corrected chi connectivity index (χ1v) is 11.3. The third-order valence-corrected chi connectivity index (χ3v) is 6.62. The van der Waals surface area contributed by atoms with Gasteiger partial charge in [0.25, 0.3) is 5.91 Å². The molecule has 1 atom stereocenters. The fourth-order valence-corrected chi connectivity index (χ4v) is 4.72. The molecule has 1 spiro atoms. The van der Waals surface area contributed by atoms with E-state index in [1.54, 1.807) is 22.8 Å². The second kappa shape index (κ2) is 9.18. The predicted octanol–water partition coefficient (Wildman–Crippen LogP) is 1.35. The Morgan fingerprint density at radius 2 is 1.84 bits per heavy atom. The number of hydrogen-bond donors (Lipinski definition) is 2. The molecule has 3 aliphatic rings. The van der Waals surface area contributed by atoms with Crippen molar-refractivity contribution in [1.29, 1.82) is 0 Å². The van der Waals surface area contributed by atoms with E-state index in [-0.39, 0.29) is 42.6 Å². The highest BCUT2D eigenvalue weighted by atomic mass is 16.5. The lowest BCUT2D eigenvalue weighted by Crippen LogP contribution is -2.58. The Balaban J connectivity index is 1.34. The number of nitrogens with one attached hydrogen (secondary N) is 2. The van der Waals surface area contributed by atoms with Crippen LogP contribution in [0.1, 0.15) is 49.4 Å². The van der Waals surface area contributed by atoms with Gasteiger partial charge in [-0.3, -0.25) is 19.2 Å². The molecule has 2 saturated heterocycles. The molecule has 3 amide bonds. The van der Waals surface area contributed by atoms with Gasteiger partial charge in [0.05, 0.1) is 24.6 Å². The lowest BCUT2D eigenvalue weighted by Gasteiger charge is -2.40. The molecule has 3 heterocycles. The van der Waals surface area contributed by atoms with E-state index in [1.165, 1.54) is 0 Å². The first-order chi connectivity index (χ1) is 15.4. The summed E-state index contributed by atoms with van der Waals surface area (Å²) in [5, 5.41) is 6.46. The van der Waals surface area contributed by atoms with Crippen molar-refractivity contribution in [3.63, 3.8) is 0 Å².